The van der Waals surface area contributed by atoms with Crippen molar-refractivity contribution < 1.29 is 27.4 Å². The smallest absolute Gasteiger partial charge is 0.417 e. The van der Waals surface area contributed by atoms with Crippen LogP contribution >= 0.6 is 0 Å². The molecule has 0 saturated heterocycles. The Morgan fingerprint density at radius 2 is 1.66 bits per heavy atom. The van der Waals surface area contributed by atoms with Gasteiger partial charge < -0.3 is 14.2 Å². The Labute approximate surface area is 167 Å². The Hall–Kier alpha value is -2.80. The van der Waals surface area contributed by atoms with Crippen LogP contribution in [0.5, 0.6) is 11.5 Å². The molecule has 0 N–H and O–H groups in total. The highest BCUT2D eigenvalue weighted by Crippen LogP contribution is 2.43. The minimum Gasteiger partial charge on any atom is -0.496 e. The highest BCUT2D eigenvalue weighted by Gasteiger charge is 2.31. The summed E-state index contributed by atoms with van der Waals surface area (Å²) in [5.74, 6) is 1.07. The lowest BCUT2D eigenvalue weighted by Gasteiger charge is -2.18. The highest BCUT2D eigenvalue weighted by molar-refractivity contribution is 5.98. The molecule has 0 unspecified atom stereocenters. The Morgan fingerprint density at radius 3 is 2.21 bits per heavy atom. The third kappa shape index (κ3) is 4.15. The van der Waals surface area contributed by atoms with Crippen molar-refractivity contribution >= 4 is 10.9 Å². The highest BCUT2D eigenvalue weighted by atomic mass is 19.4. The first-order valence-corrected chi connectivity index (χ1v) is 9.09. The molecule has 1 aromatic heterocycles. The third-order valence-electron chi connectivity index (χ3n) is 4.70. The van der Waals surface area contributed by atoms with Gasteiger partial charge in [0.15, 0.2) is 0 Å². The van der Waals surface area contributed by atoms with Gasteiger partial charge in [-0.05, 0) is 43.2 Å². The zero-order valence-electron chi connectivity index (χ0n) is 16.7. The van der Waals surface area contributed by atoms with E-state index >= 15 is 0 Å². The standard InChI is InChI=1S/C22H22F3NO3/c1-5-29-12-14-8-18(27-3)20(19(9-14)28-4)16-7-6-13(2)17-10-15(22(23,24)25)11-26-21(16)17/h6-11H,5,12H2,1-4H3. The molecular weight excluding hydrogens is 383 g/mol. The summed E-state index contributed by atoms with van der Waals surface area (Å²) in [6, 6.07) is 8.39. The van der Waals surface area contributed by atoms with Gasteiger partial charge in [-0.1, -0.05) is 12.1 Å². The van der Waals surface area contributed by atoms with Crippen molar-refractivity contribution in [1.82, 2.24) is 4.98 Å². The van der Waals surface area contributed by atoms with Crippen LogP contribution in [0, 0.1) is 6.92 Å². The molecule has 2 aromatic carbocycles. The van der Waals surface area contributed by atoms with Crippen LogP contribution in [-0.2, 0) is 17.5 Å². The number of aromatic nitrogens is 1. The van der Waals surface area contributed by atoms with Gasteiger partial charge in [-0.25, -0.2) is 0 Å². The Morgan fingerprint density at radius 1 is 1.00 bits per heavy atom. The number of benzene rings is 2. The van der Waals surface area contributed by atoms with Gasteiger partial charge in [-0.3, -0.25) is 4.98 Å². The second-order valence-electron chi connectivity index (χ2n) is 6.56. The van der Waals surface area contributed by atoms with Gasteiger partial charge in [0.05, 0.1) is 37.5 Å². The fourth-order valence-corrected chi connectivity index (χ4v) is 3.25. The van der Waals surface area contributed by atoms with E-state index in [1.54, 1.807) is 13.0 Å². The molecule has 0 amide bonds. The van der Waals surface area contributed by atoms with Gasteiger partial charge in [0.2, 0.25) is 0 Å². The van der Waals surface area contributed by atoms with Crippen molar-refractivity contribution in [3.05, 3.63) is 53.2 Å². The van der Waals surface area contributed by atoms with Crippen LogP contribution in [0.25, 0.3) is 22.0 Å². The molecule has 0 atom stereocenters. The Kier molecular flexibility index (Phi) is 5.98. The summed E-state index contributed by atoms with van der Waals surface area (Å²) in [6.07, 6.45) is -3.60. The first-order chi connectivity index (χ1) is 13.8. The van der Waals surface area contributed by atoms with E-state index in [9.17, 15) is 13.2 Å². The molecule has 0 bridgehead atoms. The van der Waals surface area contributed by atoms with Crippen LogP contribution in [0.2, 0.25) is 0 Å². The number of hydrogen-bond acceptors (Lipinski definition) is 4. The Balaban J connectivity index is 2.26. The van der Waals surface area contributed by atoms with E-state index in [2.05, 4.69) is 4.98 Å². The quantitative estimate of drug-likeness (QED) is 0.521. The molecule has 0 spiro atoms. The summed E-state index contributed by atoms with van der Waals surface area (Å²) >= 11 is 0. The number of halogens is 3. The van der Waals surface area contributed by atoms with Crippen LogP contribution in [0.15, 0.2) is 36.5 Å². The molecule has 154 valence electrons. The molecule has 4 nitrogen and oxygen atoms in total. The fourth-order valence-electron chi connectivity index (χ4n) is 3.25. The van der Waals surface area contributed by atoms with Crippen LogP contribution in [0.3, 0.4) is 0 Å². The molecule has 3 aromatic rings. The molecule has 7 heteroatoms. The summed E-state index contributed by atoms with van der Waals surface area (Å²) in [7, 11) is 3.07. The normalized spacial score (nSPS) is 11.7. The van der Waals surface area contributed by atoms with Crippen LogP contribution in [0.4, 0.5) is 13.2 Å². The minimum absolute atomic E-state index is 0.394. The number of ether oxygens (including phenoxy) is 3. The SMILES string of the molecule is CCOCc1cc(OC)c(-c2ccc(C)c3cc(C(F)(F)F)cnc23)c(OC)c1. The molecule has 0 saturated carbocycles. The van der Waals surface area contributed by atoms with Crippen LogP contribution in [-0.4, -0.2) is 25.8 Å². The number of pyridine rings is 1. The molecule has 0 aliphatic rings. The van der Waals surface area contributed by atoms with Crippen LogP contribution in [0.1, 0.15) is 23.6 Å². The number of aryl methyl sites for hydroxylation is 1. The van der Waals surface area contributed by atoms with Crippen molar-refractivity contribution in [3.63, 3.8) is 0 Å². The molecule has 1 heterocycles. The van der Waals surface area contributed by atoms with Gasteiger partial charge in [0, 0.05) is 23.8 Å². The molecule has 3 rings (SSSR count). The average Bonchev–Trinajstić information content (AvgIpc) is 2.71. The van der Waals surface area contributed by atoms with Crippen molar-refractivity contribution in [2.75, 3.05) is 20.8 Å². The monoisotopic (exact) mass is 405 g/mol. The van der Waals surface area contributed by atoms with Crippen molar-refractivity contribution in [2.45, 2.75) is 26.6 Å². The maximum absolute atomic E-state index is 13.2. The average molecular weight is 405 g/mol. The maximum atomic E-state index is 13.2. The van der Waals surface area contributed by atoms with Gasteiger partial charge in [0.25, 0.3) is 0 Å². The fraction of sp³-hybridized carbons (Fsp3) is 0.318. The lowest BCUT2D eigenvalue weighted by molar-refractivity contribution is -0.137. The van der Waals surface area contributed by atoms with E-state index in [1.165, 1.54) is 14.2 Å². The summed E-state index contributed by atoms with van der Waals surface area (Å²) in [6.45, 7) is 4.63. The first kappa shape index (κ1) is 20.9. The van der Waals surface area contributed by atoms with Gasteiger partial charge in [-0.15, -0.1) is 0 Å². The van der Waals surface area contributed by atoms with Gasteiger partial charge in [0.1, 0.15) is 11.5 Å². The molecule has 29 heavy (non-hydrogen) atoms. The van der Waals surface area contributed by atoms with E-state index in [0.29, 0.717) is 52.3 Å². The first-order valence-electron chi connectivity index (χ1n) is 9.09. The zero-order chi connectivity index (χ0) is 21.2. The summed E-state index contributed by atoms with van der Waals surface area (Å²) in [5.41, 5.74) is 2.51. The molecule has 0 fully saturated rings. The second kappa shape index (κ2) is 8.29. The van der Waals surface area contributed by atoms with E-state index < -0.39 is 11.7 Å². The number of alkyl halides is 3. The van der Waals surface area contributed by atoms with E-state index in [0.717, 1.165) is 17.8 Å². The van der Waals surface area contributed by atoms with E-state index in [1.807, 2.05) is 25.1 Å². The number of nitrogens with zero attached hydrogens (tertiary/aromatic N) is 1. The van der Waals surface area contributed by atoms with Crippen LogP contribution < -0.4 is 9.47 Å². The zero-order valence-corrected chi connectivity index (χ0v) is 16.7. The Bertz CT molecular complexity index is 1010. The van der Waals surface area contributed by atoms with Gasteiger partial charge >= 0.3 is 6.18 Å². The molecule has 0 aliphatic carbocycles. The predicted octanol–water partition coefficient (Wildman–Crippen LogP) is 5.78. The number of rotatable bonds is 6. The second-order valence-corrected chi connectivity index (χ2v) is 6.56. The molecule has 0 aliphatic heterocycles. The van der Waals surface area contributed by atoms with Gasteiger partial charge in [-0.2, -0.15) is 13.2 Å². The number of methoxy groups -OCH3 is 2. The van der Waals surface area contributed by atoms with Crippen molar-refractivity contribution in [2.24, 2.45) is 0 Å². The largest absolute Gasteiger partial charge is 0.496 e. The minimum atomic E-state index is -4.46. The maximum Gasteiger partial charge on any atom is 0.417 e. The van der Waals surface area contributed by atoms with E-state index in [4.69, 9.17) is 14.2 Å². The topological polar surface area (TPSA) is 40.6 Å². The lowest BCUT2D eigenvalue weighted by atomic mass is 9.95. The lowest BCUT2D eigenvalue weighted by Crippen LogP contribution is -2.06. The van der Waals surface area contributed by atoms with E-state index in [-0.39, 0.29) is 0 Å². The summed E-state index contributed by atoms with van der Waals surface area (Å²) in [4.78, 5) is 4.15. The number of fused-ring (bicyclic) bond motifs is 1. The molecule has 0 radical (unpaired) electrons. The van der Waals surface area contributed by atoms with Crippen molar-refractivity contribution in [1.29, 1.82) is 0 Å². The summed E-state index contributed by atoms with van der Waals surface area (Å²) < 4.78 is 56.1. The summed E-state index contributed by atoms with van der Waals surface area (Å²) in [5, 5.41) is 0.430. The van der Waals surface area contributed by atoms with Crippen molar-refractivity contribution in [3.8, 4) is 22.6 Å². The molecular formula is C22H22F3NO3. The predicted molar refractivity (Wildman–Crippen MR) is 105 cm³/mol. The number of hydrogen-bond donors (Lipinski definition) is 0. The third-order valence-corrected chi connectivity index (χ3v) is 4.70.